The molecule has 1 aromatic heterocycles. The Kier molecular flexibility index (Phi) is 4.10. The van der Waals surface area contributed by atoms with Gasteiger partial charge in [0.2, 0.25) is 0 Å². The van der Waals surface area contributed by atoms with Crippen molar-refractivity contribution < 1.29 is 0 Å². The number of amidine groups is 1. The number of nitrogens with zero attached hydrogens (tertiary/aromatic N) is 2. The maximum atomic E-state index is 6.20. The van der Waals surface area contributed by atoms with Crippen molar-refractivity contribution in [2.45, 2.75) is 0 Å². The highest BCUT2D eigenvalue weighted by molar-refractivity contribution is 7.12. The van der Waals surface area contributed by atoms with Crippen molar-refractivity contribution in [2.24, 2.45) is 10.1 Å². The quantitative estimate of drug-likeness (QED) is 0.635. The molecule has 0 fully saturated rings. The third-order valence-electron chi connectivity index (χ3n) is 3.57. The highest BCUT2D eigenvalue weighted by Crippen LogP contribution is 2.29. The van der Waals surface area contributed by atoms with Crippen molar-refractivity contribution in [1.82, 2.24) is 5.43 Å². The van der Waals surface area contributed by atoms with E-state index in [1.54, 1.807) is 11.3 Å². The Morgan fingerprint density at radius 1 is 0.917 bits per heavy atom. The number of hydrogen-bond donors (Lipinski definition) is 1. The second-order valence-electron chi connectivity index (χ2n) is 5.18. The SMILES string of the molecule is Clc1cccc(C2=NNC(c3cccs3)=Nc3ccc(Cl)cc32)c1. The molecule has 0 saturated carbocycles. The minimum Gasteiger partial charge on any atom is -0.260 e. The summed E-state index contributed by atoms with van der Waals surface area (Å²) in [5, 5.41) is 7.88. The van der Waals surface area contributed by atoms with Crippen LogP contribution in [0.2, 0.25) is 10.0 Å². The number of benzene rings is 2. The van der Waals surface area contributed by atoms with E-state index in [4.69, 9.17) is 28.2 Å². The fraction of sp³-hybridized carbons (Fsp3) is 0. The summed E-state index contributed by atoms with van der Waals surface area (Å²) in [5.74, 6) is 0.714. The van der Waals surface area contributed by atoms with Gasteiger partial charge in [-0.05, 0) is 41.8 Å². The van der Waals surface area contributed by atoms with Gasteiger partial charge in [-0.1, -0.05) is 41.4 Å². The highest BCUT2D eigenvalue weighted by Gasteiger charge is 2.18. The van der Waals surface area contributed by atoms with Crippen molar-refractivity contribution in [3.63, 3.8) is 0 Å². The lowest BCUT2D eigenvalue weighted by molar-refractivity contribution is 1.03. The van der Waals surface area contributed by atoms with Crippen LogP contribution in [0.25, 0.3) is 0 Å². The first-order valence-electron chi connectivity index (χ1n) is 7.23. The topological polar surface area (TPSA) is 36.8 Å². The molecule has 0 spiro atoms. The van der Waals surface area contributed by atoms with E-state index in [9.17, 15) is 0 Å². The third kappa shape index (κ3) is 2.96. The Hall–Kier alpha value is -2.14. The van der Waals surface area contributed by atoms with E-state index in [2.05, 4.69) is 10.5 Å². The summed E-state index contributed by atoms with van der Waals surface area (Å²) in [6.07, 6.45) is 0. The Balaban J connectivity index is 1.90. The van der Waals surface area contributed by atoms with Crippen LogP contribution in [-0.2, 0) is 0 Å². The van der Waals surface area contributed by atoms with E-state index in [0.29, 0.717) is 15.9 Å². The molecular weight excluding hydrogens is 361 g/mol. The van der Waals surface area contributed by atoms with Crippen molar-refractivity contribution in [3.05, 3.63) is 86.0 Å². The van der Waals surface area contributed by atoms with Crippen LogP contribution in [-0.4, -0.2) is 11.5 Å². The molecule has 0 atom stereocenters. The fourth-order valence-corrected chi connectivity index (χ4v) is 3.52. The molecule has 2 heterocycles. The van der Waals surface area contributed by atoms with E-state index in [0.717, 1.165) is 27.4 Å². The minimum atomic E-state index is 0.637. The molecule has 4 rings (SSSR count). The standard InChI is InChI=1S/C18H11Cl2N3S/c19-12-4-1-3-11(9-12)17-14-10-13(20)6-7-15(14)21-18(23-22-17)16-5-2-8-24-16/h1-10H,(H,21,23). The first-order valence-corrected chi connectivity index (χ1v) is 8.86. The van der Waals surface area contributed by atoms with Crippen LogP contribution < -0.4 is 5.43 Å². The number of thiophene rings is 1. The molecule has 3 nitrogen and oxygen atoms in total. The van der Waals surface area contributed by atoms with Gasteiger partial charge in [0.25, 0.3) is 0 Å². The zero-order chi connectivity index (χ0) is 16.5. The average Bonchev–Trinajstić information content (AvgIpc) is 3.04. The number of rotatable bonds is 2. The number of hydrogen-bond acceptors (Lipinski definition) is 4. The Morgan fingerprint density at radius 3 is 2.58 bits per heavy atom. The Bertz CT molecular complexity index is 962. The molecule has 0 bridgehead atoms. The van der Waals surface area contributed by atoms with Crippen LogP contribution in [0.3, 0.4) is 0 Å². The lowest BCUT2D eigenvalue weighted by Gasteiger charge is -2.08. The van der Waals surface area contributed by atoms with Gasteiger partial charge < -0.3 is 0 Å². The van der Waals surface area contributed by atoms with E-state index in [1.165, 1.54) is 0 Å². The van der Waals surface area contributed by atoms with Crippen LogP contribution in [0.5, 0.6) is 0 Å². The van der Waals surface area contributed by atoms with Crippen molar-refractivity contribution in [2.75, 3.05) is 0 Å². The molecule has 0 radical (unpaired) electrons. The molecule has 1 aliphatic rings. The molecule has 0 aliphatic carbocycles. The highest BCUT2D eigenvalue weighted by atomic mass is 35.5. The predicted molar refractivity (Wildman–Crippen MR) is 102 cm³/mol. The summed E-state index contributed by atoms with van der Waals surface area (Å²) in [4.78, 5) is 5.75. The maximum absolute atomic E-state index is 6.20. The molecular formula is C18H11Cl2N3S. The number of hydrazone groups is 1. The smallest absolute Gasteiger partial charge is 0.164 e. The number of fused-ring (bicyclic) bond motifs is 1. The second kappa shape index (κ2) is 6.40. The predicted octanol–water partition coefficient (Wildman–Crippen LogP) is 5.49. The van der Waals surface area contributed by atoms with Gasteiger partial charge in [0, 0.05) is 21.2 Å². The molecule has 3 aromatic rings. The van der Waals surface area contributed by atoms with Crippen LogP contribution >= 0.6 is 34.5 Å². The zero-order valence-corrected chi connectivity index (χ0v) is 14.7. The summed E-state index contributed by atoms with van der Waals surface area (Å²) in [7, 11) is 0. The Labute approximate surface area is 153 Å². The number of nitrogens with one attached hydrogen (secondary N) is 1. The molecule has 1 aliphatic heterocycles. The lowest BCUT2D eigenvalue weighted by atomic mass is 10.0. The van der Waals surface area contributed by atoms with Gasteiger partial charge in [-0.2, -0.15) is 5.10 Å². The van der Waals surface area contributed by atoms with Crippen LogP contribution in [0.1, 0.15) is 16.0 Å². The van der Waals surface area contributed by atoms with Gasteiger partial charge >= 0.3 is 0 Å². The Morgan fingerprint density at radius 2 is 1.79 bits per heavy atom. The number of aliphatic imine (C=N–C) groups is 1. The second-order valence-corrected chi connectivity index (χ2v) is 7.00. The van der Waals surface area contributed by atoms with E-state index in [1.807, 2.05) is 60.0 Å². The van der Waals surface area contributed by atoms with Gasteiger partial charge in [0.15, 0.2) is 5.84 Å². The van der Waals surface area contributed by atoms with Crippen molar-refractivity contribution >= 4 is 51.8 Å². The summed E-state index contributed by atoms with van der Waals surface area (Å²) in [6, 6.07) is 17.2. The summed E-state index contributed by atoms with van der Waals surface area (Å²) < 4.78 is 0. The van der Waals surface area contributed by atoms with Crippen LogP contribution in [0.15, 0.2) is 70.1 Å². The zero-order valence-electron chi connectivity index (χ0n) is 12.3. The first-order chi connectivity index (χ1) is 11.7. The largest absolute Gasteiger partial charge is 0.260 e. The van der Waals surface area contributed by atoms with Crippen LogP contribution in [0, 0.1) is 0 Å². The molecule has 118 valence electrons. The molecule has 1 N–H and O–H groups in total. The molecule has 0 unspecified atom stereocenters. The molecule has 2 aromatic carbocycles. The molecule has 0 amide bonds. The van der Waals surface area contributed by atoms with Gasteiger partial charge in [-0.3, -0.25) is 5.43 Å². The lowest BCUT2D eigenvalue weighted by Crippen LogP contribution is -2.18. The van der Waals surface area contributed by atoms with Gasteiger partial charge in [0.1, 0.15) is 5.71 Å². The number of halogens is 2. The normalized spacial score (nSPS) is 13.4. The minimum absolute atomic E-state index is 0.637. The van der Waals surface area contributed by atoms with Crippen LogP contribution in [0.4, 0.5) is 5.69 Å². The fourth-order valence-electron chi connectivity index (χ4n) is 2.49. The van der Waals surface area contributed by atoms with E-state index >= 15 is 0 Å². The van der Waals surface area contributed by atoms with Gasteiger partial charge in [-0.25, -0.2) is 4.99 Å². The monoisotopic (exact) mass is 371 g/mol. The van der Waals surface area contributed by atoms with E-state index < -0.39 is 0 Å². The molecule has 0 saturated heterocycles. The molecule has 6 heteroatoms. The average molecular weight is 372 g/mol. The first kappa shape index (κ1) is 15.4. The van der Waals surface area contributed by atoms with Gasteiger partial charge in [0.05, 0.1) is 10.6 Å². The van der Waals surface area contributed by atoms with E-state index in [-0.39, 0.29) is 0 Å². The van der Waals surface area contributed by atoms with Gasteiger partial charge in [-0.15, -0.1) is 11.3 Å². The summed E-state index contributed by atoms with van der Waals surface area (Å²) in [6.45, 7) is 0. The van der Waals surface area contributed by atoms with Crippen molar-refractivity contribution in [3.8, 4) is 0 Å². The van der Waals surface area contributed by atoms with Crippen molar-refractivity contribution in [1.29, 1.82) is 0 Å². The molecule has 24 heavy (non-hydrogen) atoms. The third-order valence-corrected chi connectivity index (χ3v) is 4.92. The summed E-state index contributed by atoms with van der Waals surface area (Å²) >= 11 is 14.0. The maximum Gasteiger partial charge on any atom is 0.164 e. The summed E-state index contributed by atoms with van der Waals surface area (Å²) in [5.41, 5.74) is 6.42.